The Morgan fingerprint density at radius 3 is 3.11 bits per heavy atom. The second-order valence-corrected chi connectivity index (χ2v) is 9.96. The van der Waals surface area contributed by atoms with Crippen LogP contribution in [0.2, 0.25) is 0 Å². The molecule has 0 amide bonds. The van der Waals surface area contributed by atoms with Crippen molar-refractivity contribution in [2.75, 3.05) is 0 Å². The molecule has 5 rings (SSSR count). The predicted octanol–water partition coefficient (Wildman–Crippen LogP) is 4.49. The van der Waals surface area contributed by atoms with E-state index < -0.39 is 0 Å². The summed E-state index contributed by atoms with van der Waals surface area (Å²) in [6.45, 7) is 4.28. The quantitative estimate of drug-likeness (QED) is 0.365. The summed E-state index contributed by atoms with van der Waals surface area (Å²) in [5.41, 5.74) is 2.22. The number of hydrogen-bond acceptors (Lipinski definition) is 7. The molecule has 1 aliphatic rings. The van der Waals surface area contributed by atoms with Crippen LogP contribution in [0.3, 0.4) is 0 Å². The maximum atomic E-state index is 12.2. The van der Waals surface area contributed by atoms with Crippen LogP contribution >= 0.6 is 34.4 Å². The molecule has 0 aromatic carbocycles. The minimum Gasteiger partial charge on any atom is -0.269 e. The van der Waals surface area contributed by atoms with E-state index in [4.69, 9.17) is 9.97 Å². The highest BCUT2D eigenvalue weighted by atomic mass is 32.2. The average Bonchev–Trinajstić information content (AvgIpc) is 3.23. The molecule has 138 valence electrons. The third-order valence-corrected chi connectivity index (χ3v) is 7.86. The Kier molecular flexibility index (Phi) is 4.29. The summed E-state index contributed by atoms with van der Waals surface area (Å²) in [6, 6.07) is 1.63. The van der Waals surface area contributed by atoms with E-state index in [2.05, 4.69) is 11.9 Å². The summed E-state index contributed by atoms with van der Waals surface area (Å²) in [7, 11) is 0. The molecule has 0 saturated carbocycles. The maximum absolute atomic E-state index is 12.2. The van der Waals surface area contributed by atoms with Crippen LogP contribution in [0.4, 0.5) is 0 Å². The highest BCUT2D eigenvalue weighted by Crippen LogP contribution is 2.41. The van der Waals surface area contributed by atoms with Gasteiger partial charge in [-0.15, -0.1) is 22.7 Å². The summed E-state index contributed by atoms with van der Waals surface area (Å²) in [5.74, 6) is 2.18. The molecule has 0 unspecified atom stereocenters. The normalized spacial score (nSPS) is 16.9. The SMILES string of the molecule is Cc1nc(SCc2cc(=O)n3ccsc3n2)c2c3c(sc2n1)C[C@@H](C)CC3. The Morgan fingerprint density at radius 1 is 1.33 bits per heavy atom. The molecule has 0 fully saturated rings. The average molecular weight is 415 g/mol. The highest BCUT2D eigenvalue weighted by molar-refractivity contribution is 7.98. The molecule has 8 heteroatoms. The van der Waals surface area contributed by atoms with Crippen molar-refractivity contribution >= 4 is 49.6 Å². The number of aryl methyl sites for hydroxylation is 2. The second kappa shape index (κ2) is 6.68. The van der Waals surface area contributed by atoms with Gasteiger partial charge in [0.25, 0.3) is 5.56 Å². The van der Waals surface area contributed by atoms with Crippen LogP contribution in [0, 0.1) is 12.8 Å². The fraction of sp³-hybridized carbons (Fsp3) is 0.368. The molecule has 1 atom stereocenters. The van der Waals surface area contributed by atoms with E-state index >= 15 is 0 Å². The van der Waals surface area contributed by atoms with E-state index in [0.29, 0.717) is 5.75 Å². The molecule has 0 radical (unpaired) electrons. The van der Waals surface area contributed by atoms with Crippen molar-refractivity contribution in [3.63, 3.8) is 0 Å². The molecule has 4 aromatic heterocycles. The van der Waals surface area contributed by atoms with Gasteiger partial charge in [-0.05, 0) is 37.7 Å². The lowest BCUT2D eigenvalue weighted by Crippen LogP contribution is -2.12. The number of rotatable bonds is 3. The van der Waals surface area contributed by atoms with Crippen molar-refractivity contribution in [2.24, 2.45) is 5.92 Å². The third kappa shape index (κ3) is 3.09. The standard InChI is InChI=1S/C19H18N4OS3/c1-10-3-4-13-14(7-10)27-18-16(13)17(20-11(2)21-18)26-9-12-8-15(24)23-5-6-25-19(23)22-12/h5-6,8,10H,3-4,7,9H2,1-2H3/t10-/m0/s1. The van der Waals surface area contributed by atoms with E-state index in [9.17, 15) is 4.79 Å². The zero-order valence-electron chi connectivity index (χ0n) is 15.1. The van der Waals surface area contributed by atoms with Crippen molar-refractivity contribution in [3.8, 4) is 0 Å². The molecule has 4 heterocycles. The number of thiazole rings is 1. The first-order valence-electron chi connectivity index (χ1n) is 8.96. The van der Waals surface area contributed by atoms with Crippen LogP contribution in [-0.4, -0.2) is 19.4 Å². The molecule has 1 aliphatic carbocycles. The lowest BCUT2D eigenvalue weighted by Gasteiger charge is -2.18. The summed E-state index contributed by atoms with van der Waals surface area (Å²) in [4.78, 5) is 29.6. The van der Waals surface area contributed by atoms with Crippen LogP contribution in [-0.2, 0) is 18.6 Å². The van der Waals surface area contributed by atoms with E-state index in [1.807, 2.05) is 23.6 Å². The summed E-state index contributed by atoms with van der Waals surface area (Å²) < 4.78 is 1.59. The topological polar surface area (TPSA) is 60.2 Å². The Labute approximate surface area is 168 Å². The zero-order chi connectivity index (χ0) is 18.5. The maximum Gasteiger partial charge on any atom is 0.258 e. The summed E-state index contributed by atoms with van der Waals surface area (Å²) in [5, 5.41) is 4.14. The first-order valence-corrected chi connectivity index (χ1v) is 11.6. The van der Waals surface area contributed by atoms with Gasteiger partial charge in [0, 0.05) is 33.7 Å². The summed E-state index contributed by atoms with van der Waals surface area (Å²) >= 11 is 4.97. The number of thiophene rings is 1. The van der Waals surface area contributed by atoms with Crippen LogP contribution in [0.5, 0.6) is 0 Å². The number of aromatic nitrogens is 4. The minimum absolute atomic E-state index is 0.0252. The number of nitrogens with zero attached hydrogens (tertiary/aromatic N) is 4. The molecule has 0 bridgehead atoms. The summed E-state index contributed by atoms with van der Waals surface area (Å²) in [6.07, 6.45) is 5.25. The van der Waals surface area contributed by atoms with E-state index in [1.54, 1.807) is 28.4 Å². The molecule has 0 N–H and O–H groups in total. The van der Waals surface area contributed by atoms with Crippen LogP contribution in [0.25, 0.3) is 15.2 Å². The molecule has 5 nitrogen and oxygen atoms in total. The lowest BCUT2D eigenvalue weighted by atomic mass is 9.89. The van der Waals surface area contributed by atoms with Gasteiger partial charge in [0.15, 0.2) is 4.96 Å². The number of thioether (sulfide) groups is 1. The van der Waals surface area contributed by atoms with Gasteiger partial charge in [-0.1, -0.05) is 18.7 Å². The lowest BCUT2D eigenvalue weighted by molar-refractivity contribution is 0.509. The predicted molar refractivity (Wildman–Crippen MR) is 112 cm³/mol. The van der Waals surface area contributed by atoms with E-state index in [-0.39, 0.29) is 5.56 Å². The Morgan fingerprint density at radius 2 is 2.22 bits per heavy atom. The van der Waals surface area contributed by atoms with Crippen molar-refractivity contribution in [1.29, 1.82) is 0 Å². The van der Waals surface area contributed by atoms with Crippen LogP contribution in [0.15, 0.2) is 27.5 Å². The zero-order valence-corrected chi connectivity index (χ0v) is 17.5. The van der Waals surface area contributed by atoms with Gasteiger partial charge in [0.2, 0.25) is 0 Å². The molecule has 0 saturated heterocycles. The fourth-order valence-electron chi connectivity index (χ4n) is 3.62. The fourth-order valence-corrected chi connectivity index (χ4v) is 6.84. The Hall–Kier alpha value is -1.77. The van der Waals surface area contributed by atoms with Crippen molar-refractivity contribution < 1.29 is 0 Å². The number of fused-ring (bicyclic) bond motifs is 4. The molecule has 0 spiro atoms. The molecule has 4 aromatic rings. The Bertz CT molecular complexity index is 1220. The smallest absolute Gasteiger partial charge is 0.258 e. The van der Waals surface area contributed by atoms with Gasteiger partial charge in [-0.3, -0.25) is 9.20 Å². The molecule has 0 aliphatic heterocycles. The van der Waals surface area contributed by atoms with Crippen LogP contribution < -0.4 is 5.56 Å². The largest absolute Gasteiger partial charge is 0.269 e. The van der Waals surface area contributed by atoms with Crippen molar-refractivity contribution in [3.05, 3.63) is 50.0 Å². The second-order valence-electron chi connectivity index (χ2n) is 7.04. The van der Waals surface area contributed by atoms with Gasteiger partial charge in [-0.25, -0.2) is 15.0 Å². The van der Waals surface area contributed by atoms with Crippen molar-refractivity contribution in [2.45, 2.75) is 43.9 Å². The monoisotopic (exact) mass is 414 g/mol. The van der Waals surface area contributed by atoms with Gasteiger partial charge < -0.3 is 0 Å². The van der Waals surface area contributed by atoms with Gasteiger partial charge in [0.1, 0.15) is 15.7 Å². The van der Waals surface area contributed by atoms with Crippen LogP contribution in [0.1, 0.15) is 35.3 Å². The van der Waals surface area contributed by atoms with Gasteiger partial charge in [0.05, 0.1) is 5.69 Å². The van der Waals surface area contributed by atoms with E-state index in [1.165, 1.54) is 33.6 Å². The first-order chi connectivity index (χ1) is 13.1. The molecular formula is C19H18N4OS3. The van der Waals surface area contributed by atoms with Gasteiger partial charge in [-0.2, -0.15) is 0 Å². The third-order valence-electron chi connectivity index (χ3n) is 4.95. The minimum atomic E-state index is -0.0252. The van der Waals surface area contributed by atoms with Gasteiger partial charge >= 0.3 is 0 Å². The highest BCUT2D eigenvalue weighted by Gasteiger charge is 2.23. The van der Waals surface area contributed by atoms with Crippen molar-refractivity contribution in [1.82, 2.24) is 19.4 Å². The molecular weight excluding hydrogens is 396 g/mol. The van der Waals surface area contributed by atoms with E-state index in [0.717, 1.165) is 45.1 Å². The number of hydrogen-bond donors (Lipinski definition) is 0. The Balaban J connectivity index is 1.53. The molecule has 27 heavy (non-hydrogen) atoms. The first kappa shape index (κ1) is 17.3.